The Bertz CT molecular complexity index is 527. The summed E-state index contributed by atoms with van der Waals surface area (Å²) in [6, 6.07) is 3.19. The molecule has 0 saturated carbocycles. The fraction of sp³-hybridized carbons (Fsp3) is 0.467. The van der Waals surface area contributed by atoms with Gasteiger partial charge in [-0.3, -0.25) is 0 Å². The summed E-state index contributed by atoms with van der Waals surface area (Å²) >= 11 is 5.20. The van der Waals surface area contributed by atoms with Gasteiger partial charge in [-0.1, -0.05) is 13.2 Å². The van der Waals surface area contributed by atoms with Crippen LogP contribution in [-0.4, -0.2) is 43.7 Å². The maximum absolute atomic E-state index is 10.9. The van der Waals surface area contributed by atoms with E-state index in [1.54, 1.807) is 12.1 Å². The van der Waals surface area contributed by atoms with Crippen molar-refractivity contribution in [3.63, 3.8) is 0 Å². The minimum absolute atomic E-state index is 0.00422. The summed E-state index contributed by atoms with van der Waals surface area (Å²) in [4.78, 5) is 21.5. The number of carbonyl (C=O) groups is 2. The van der Waals surface area contributed by atoms with Crippen molar-refractivity contribution in [1.82, 2.24) is 0 Å². The zero-order chi connectivity index (χ0) is 17.7. The molecule has 23 heavy (non-hydrogen) atoms. The van der Waals surface area contributed by atoms with Crippen LogP contribution < -0.4 is 0 Å². The van der Waals surface area contributed by atoms with E-state index >= 15 is 0 Å². The highest BCUT2D eigenvalue weighted by Gasteiger charge is 2.18. The molecule has 0 aromatic rings. The maximum atomic E-state index is 10.9. The topological polar surface area (TPSA) is 109 Å². The molecular formula is C15H17ClN2O5. The van der Waals surface area contributed by atoms with Gasteiger partial charge < -0.3 is 14.2 Å². The fourth-order valence-corrected chi connectivity index (χ4v) is 1.42. The highest BCUT2D eigenvalue weighted by Crippen LogP contribution is 2.12. The lowest BCUT2D eigenvalue weighted by atomic mass is 10.2. The van der Waals surface area contributed by atoms with Crippen LogP contribution in [0.1, 0.15) is 12.8 Å². The molecule has 1 fully saturated rings. The number of esters is 2. The molecule has 8 heteroatoms. The highest BCUT2D eigenvalue weighted by atomic mass is 35.5. The van der Waals surface area contributed by atoms with Gasteiger partial charge in [-0.05, 0) is 12.8 Å². The van der Waals surface area contributed by atoms with Crippen LogP contribution in [0.25, 0.3) is 0 Å². The van der Waals surface area contributed by atoms with Crippen LogP contribution >= 0.6 is 11.6 Å². The van der Waals surface area contributed by atoms with E-state index in [1.165, 1.54) is 0 Å². The van der Waals surface area contributed by atoms with E-state index in [1.807, 2.05) is 0 Å². The number of carbonyl (C=O) groups excluding carboxylic acids is 2. The van der Waals surface area contributed by atoms with Crippen molar-refractivity contribution in [3.8, 4) is 12.1 Å². The zero-order valence-electron chi connectivity index (χ0n) is 12.5. The van der Waals surface area contributed by atoms with Crippen LogP contribution in [0.15, 0.2) is 24.3 Å². The molecule has 1 atom stereocenters. The SMILES string of the molecule is C=C(C#N)C(=O)OCC1CCCO1.C=C(C#N)C(=O)OCCCl. The van der Waals surface area contributed by atoms with Crippen LogP contribution in [0, 0.1) is 22.7 Å². The quantitative estimate of drug-likeness (QED) is 0.313. The van der Waals surface area contributed by atoms with Gasteiger partial charge in [0, 0.05) is 6.61 Å². The first-order valence-corrected chi connectivity index (χ1v) is 7.19. The summed E-state index contributed by atoms with van der Waals surface area (Å²) in [6.45, 7) is 7.45. The summed E-state index contributed by atoms with van der Waals surface area (Å²) in [5.74, 6) is -1.13. The molecule has 1 unspecified atom stereocenters. The van der Waals surface area contributed by atoms with Crippen LogP contribution in [0.5, 0.6) is 0 Å². The molecule has 0 aromatic heterocycles. The second-order valence-corrected chi connectivity index (χ2v) is 4.62. The number of halogens is 1. The highest BCUT2D eigenvalue weighted by molar-refractivity contribution is 6.18. The number of ether oxygens (including phenoxy) is 3. The summed E-state index contributed by atoms with van der Waals surface area (Å²) in [7, 11) is 0. The molecule has 0 radical (unpaired) electrons. The molecule has 0 aliphatic carbocycles. The smallest absolute Gasteiger partial charge is 0.348 e. The number of nitrogens with zero attached hydrogens (tertiary/aromatic N) is 2. The normalized spacial score (nSPS) is 15.2. The number of hydrogen-bond acceptors (Lipinski definition) is 7. The molecule has 7 nitrogen and oxygen atoms in total. The first kappa shape index (κ1) is 20.6. The third-order valence-corrected chi connectivity index (χ3v) is 2.65. The predicted octanol–water partition coefficient (Wildman–Crippen LogP) is 1.64. The number of rotatable bonds is 6. The van der Waals surface area contributed by atoms with Gasteiger partial charge >= 0.3 is 11.9 Å². The summed E-state index contributed by atoms with van der Waals surface area (Å²) in [6.07, 6.45) is 1.91. The van der Waals surface area contributed by atoms with E-state index in [4.69, 9.17) is 31.6 Å². The van der Waals surface area contributed by atoms with Crippen LogP contribution in [0.2, 0.25) is 0 Å². The number of hydrogen-bond donors (Lipinski definition) is 0. The minimum Gasteiger partial charge on any atom is -0.460 e. The first-order valence-electron chi connectivity index (χ1n) is 6.66. The Labute approximate surface area is 139 Å². The van der Waals surface area contributed by atoms with Gasteiger partial charge in [0.25, 0.3) is 0 Å². The van der Waals surface area contributed by atoms with Gasteiger partial charge in [-0.25, -0.2) is 9.59 Å². The van der Waals surface area contributed by atoms with Gasteiger partial charge in [-0.2, -0.15) is 10.5 Å². The standard InChI is InChI=1S/C9H11NO3.C6H6ClNO2/c1-7(5-10)9(11)13-6-8-3-2-4-12-8;1-5(4-8)6(9)10-3-2-7/h8H,1-4,6H2;1-3H2. The van der Waals surface area contributed by atoms with E-state index in [0.29, 0.717) is 0 Å². The Hall–Kier alpha value is -2.35. The van der Waals surface area contributed by atoms with Crippen molar-refractivity contribution >= 4 is 23.5 Å². The largest absolute Gasteiger partial charge is 0.460 e. The second-order valence-electron chi connectivity index (χ2n) is 4.24. The monoisotopic (exact) mass is 340 g/mol. The minimum atomic E-state index is -0.705. The van der Waals surface area contributed by atoms with Crippen LogP contribution in [0.4, 0.5) is 0 Å². The van der Waals surface area contributed by atoms with E-state index in [0.717, 1.165) is 19.4 Å². The predicted molar refractivity (Wildman–Crippen MR) is 81.1 cm³/mol. The van der Waals surface area contributed by atoms with Crippen molar-refractivity contribution in [2.45, 2.75) is 18.9 Å². The van der Waals surface area contributed by atoms with Gasteiger partial charge in [0.2, 0.25) is 0 Å². The van der Waals surface area contributed by atoms with E-state index in [9.17, 15) is 9.59 Å². The van der Waals surface area contributed by atoms with Crippen molar-refractivity contribution in [1.29, 1.82) is 10.5 Å². The lowest BCUT2D eigenvalue weighted by Crippen LogP contribution is -2.18. The van der Waals surface area contributed by atoms with Gasteiger partial charge in [-0.15, -0.1) is 11.6 Å². The molecule has 0 spiro atoms. The Kier molecular flexibility index (Phi) is 11.0. The van der Waals surface area contributed by atoms with Gasteiger partial charge in [0.1, 0.15) is 36.5 Å². The average Bonchev–Trinajstić information content (AvgIpc) is 3.09. The van der Waals surface area contributed by atoms with Crippen LogP contribution in [-0.2, 0) is 23.8 Å². The Morgan fingerprint density at radius 2 is 1.74 bits per heavy atom. The third-order valence-electron chi connectivity index (χ3n) is 2.50. The van der Waals surface area contributed by atoms with Crippen molar-refractivity contribution < 1.29 is 23.8 Å². The Balaban J connectivity index is 0.000000438. The summed E-state index contributed by atoms with van der Waals surface area (Å²) < 4.78 is 14.5. The zero-order valence-corrected chi connectivity index (χ0v) is 13.3. The lowest BCUT2D eigenvalue weighted by molar-refractivity contribution is -0.141. The number of alkyl halides is 1. The molecule has 124 valence electrons. The van der Waals surface area contributed by atoms with Crippen molar-refractivity contribution in [2.24, 2.45) is 0 Å². The second kappa shape index (κ2) is 12.2. The number of nitriles is 2. The third kappa shape index (κ3) is 9.30. The molecule has 0 bridgehead atoms. The lowest BCUT2D eigenvalue weighted by Gasteiger charge is -2.08. The molecule has 0 N–H and O–H groups in total. The molecular weight excluding hydrogens is 324 g/mol. The molecule has 1 aliphatic rings. The van der Waals surface area contributed by atoms with Crippen LogP contribution in [0.3, 0.4) is 0 Å². The Morgan fingerprint density at radius 1 is 1.17 bits per heavy atom. The molecule has 1 saturated heterocycles. The van der Waals surface area contributed by atoms with Gasteiger partial charge in [0.15, 0.2) is 0 Å². The molecule has 1 aliphatic heterocycles. The average molecular weight is 341 g/mol. The molecule has 1 rings (SSSR count). The van der Waals surface area contributed by atoms with E-state index in [-0.39, 0.29) is 36.3 Å². The fourth-order valence-electron chi connectivity index (χ4n) is 1.34. The maximum Gasteiger partial charge on any atom is 0.348 e. The summed E-state index contributed by atoms with van der Waals surface area (Å²) in [5, 5.41) is 16.4. The van der Waals surface area contributed by atoms with Crippen molar-refractivity contribution in [3.05, 3.63) is 24.3 Å². The first-order chi connectivity index (χ1) is 11.0. The van der Waals surface area contributed by atoms with Crippen molar-refractivity contribution in [2.75, 3.05) is 25.7 Å². The summed E-state index contributed by atoms with van der Waals surface area (Å²) in [5.41, 5.74) is -0.372. The van der Waals surface area contributed by atoms with E-state index < -0.39 is 11.9 Å². The van der Waals surface area contributed by atoms with Gasteiger partial charge in [0.05, 0.1) is 12.0 Å². The Morgan fingerprint density at radius 3 is 2.17 bits per heavy atom. The van der Waals surface area contributed by atoms with E-state index in [2.05, 4.69) is 17.9 Å². The molecule has 1 heterocycles. The molecule has 0 aromatic carbocycles. The molecule has 0 amide bonds.